The number of nitrogens with one attached hydrogen (secondary N) is 2. The molecular formula is C21H22N6O. The van der Waals surface area contributed by atoms with Crippen molar-refractivity contribution in [2.75, 3.05) is 23.3 Å². The van der Waals surface area contributed by atoms with Crippen molar-refractivity contribution in [2.45, 2.75) is 25.5 Å². The molecule has 4 heterocycles. The van der Waals surface area contributed by atoms with Gasteiger partial charge >= 0.3 is 0 Å². The number of aliphatic hydroxyl groups is 1. The summed E-state index contributed by atoms with van der Waals surface area (Å²) < 4.78 is 0. The first-order chi connectivity index (χ1) is 13.7. The Labute approximate surface area is 162 Å². The third-order valence-corrected chi connectivity index (χ3v) is 5.21. The van der Waals surface area contributed by atoms with Crippen molar-refractivity contribution in [1.29, 1.82) is 0 Å². The van der Waals surface area contributed by atoms with Gasteiger partial charge in [0.05, 0.1) is 12.3 Å². The van der Waals surface area contributed by atoms with E-state index in [2.05, 4.69) is 54.4 Å². The number of fused-ring (bicyclic) bond motifs is 2. The molecule has 0 aliphatic carbocycles. The van der Waals surface area contributed by atoms with Gasteiger partial charge in [0.15, 0.2) is 5.65 Å². The van der Waals surface area contributed by atoms with Crippen LogP contribution >= 0.6 is 0 Å². The van der Waals surface area contributed by atoms with Crippen molar-refractivity contribution < 1.29 is 5.11 Å². The molecule has 0 bridgehead atoms. The lowest BCUT2D eigenvalue weighted by Crippen LogP contribution is -2.38. The van der Waals surface area contributed by atoms with Crippen LogP contribution in [0.1, 0.15) is 18.4 Å². The van der Waals surface area contributed by atoms with E-state index in [0.29, 0.717) is 24.6 Å². The number of aromatic nitrogens is 4. The highest BCUT2D eigenvalue weighted by Crippen LogP contribution is 2.21. The summed E-state index contributed by atoms with van der Waals surface area (Å²) in [6, 6.07) is 12.3. The molecule has 7 heteroatoms. The number of piperidine rings is 1. The molecule has 1 fully saturated rings. The molecule has 1 aliphatic rings. The van der Waals surface area contributed by atoms with Crippen LogP contribution in [-0.4, -0.2) is 44.2 Å². The van der Waals surface area contributed by atoms with E-state index in [1.807, 2.05) is 18.3 Å². The first-order valence-corrected chi connectivity index (χ1v) is 9.61. The lowest BCUT2D eigenvalue weighted by molar-refractivity contribution is 0.154. The number of H-pyrrole nitrogens is 1. The minimum atomic E-state index is -0.289. The van der Waals surface area contributed by atoms with Crippen LogP contribution in [0, 0.1) is 0 Å². The van der Waals surface area contributed by atoms with E-state index in [9.17, 15) is 5.11 Å². The van der Waals surface area contributed by atoms with E-state index >= 15 is 0 Å². The Morgan fingerprint density at radius 1 is 1.18 bits per heavy atom. The fourth-order valence-electron chi connectivity index (χ4n) is 3.71. The Morgan fingerprint density at radius 2 is 2.14 bits per heavy atom. The Morgan fingerprint density at radius 3 is 3.07 bits per heavy atom. The molecule has 3 aromatic heterocycles. The average molecular weight is 374 g/mol. The Balaban J connectivity index is 1.35. The second kappa shape index (κ2) is 7.09. The van der Waals surface area contributed by atoms with Gasteiger partial charge in [0, 0.05) is 31.3 Å². The molecule has 0 spiro atoms. The largest absolute Gasteiger partial charge is 0.391 e. The normalized spacial score (nSPS) is 17.3. The highest BCUT2D eigenvalue weighted by molar-refractivity contribution is 5.80. The number of β-amino-alcohol motifs (C(OH)–C–C–N with tert-alkyl or cyclic N) is 1. The number of benzene rings is 1. The number of anilines is 2. The quantitative estimate of drug-likeness (QED) is 0.509. The van der Waals surface area contributed by atoms with Crippen LogP contribution in [-0.2, 0) is 6.54 Å². The van der Waals surface area contributed by atoms with Crippen LogP contribution in [0.25, 0.3) is 22.1 Å². The van der Waals surface area contributed by atoms with Crippen molar-refractivity contribution in [3.05, 3.63) is 54.4 Å². The lowest BCUT2D eigenvalue weighted by Gasteiger charge is -2.30. The van der Waals surface area contributed by atoms with Crippen molar-refractivity contribution in [1.82, 2.24) is 19.9 Å². The van der Waals surface area contributed by atoms with Gasteiger partial charge in [-0.2, -0.15) is 0 Å². The van der Waals surface area contributed by atoms with Crippen molar-refractivity contribution in [3.8, 4) is 0 Å². The summed E-state index contributed by atoms with van der Waals surface area (Å²) in [7, 11) is 0. The first kappa shape index (κ1) is 16.9. The predicted molar refractivity (Wildman–Crippen MR) is 110 cm³/mol. The van der Waals surface area contributed by atoms with Gasteiger partial charge in [-0.1, -0.05) is 12.1 Å². The molecule has 4 aromatic rings. The van der Waals surface area contributed by atoms with Crippen LogP contribution in [0.4, 0.5) is 11.6 Å². The second-order valence-corrected chi connectivity index (χ2v) is 7.26. The summed E-state index contributed by atoms with van der Waals surface area (Å²) in [5, 5.41) is 14.5. The van der Waals surface area contributed by atoms with E-state index in [1.165, 1.54) is 10.9 Å². The molecule has 3 N–H and O–H groups in total. The molecule has 1 aromatic carbocycles. The van der Waals surface area contributed by atoms with E-state index in [-0.39, 0.29) is 6.10 Å². The van der Waals surface area contributed by atoms with Crippen LogP contribution in [0.2, 0.25) is 0 Å². The zero-order valence-corrected chi connectivity index (χ0v) is 15.5. The van der Waals surface area contributed by atoms with Crippen LogP contribution in [0.3, 0.4) is 0 Å². The molecule has 28 heavy (non-hydrogen) atoms. The number of nitrogens with zero attached hydrogens (tertiary/aromatic N) is 4. The van der Waals surface area contributed by atoms with E-state index in [4.69, 9.17) is 0 Å². The zero-order valence-electron chi connectivity index (χ0n) is 15.5. The molecule has 1 atom stereocenters. The summed E-state index contributed by atoms with van der Waals surface area (Å²) >= 11 is 0. The van der Waals surface area contributed by atoms with E-state index in [0.717, 1.165) is 36.2 Å². The van der Waals surface area contributed by atoms with Gasteiger partial charge in [0.1, 0.15) is 17.2 Å². The topological polar surface area (TPSA) is 90.0 Å². The fourth-order valence-corrected chi connectivity index (χ4v) is 3.71. The lowest BCUT2D eigenvalue weighted by atomic mass is 10.1. The number of hydrogen-bond acceptors (Lipinski definition) is 6. The Bertz CT molecular complexity index is 1120. The third-order valence-electron chi connectivity index (χ3n) is 5.21. The summed E-state index contributed by atoms with van der Waals surface area (Å²) in [6.45, 7) is 2.18. The van der Waals surface area contributed by atoms with Gasteiger partial charge in [0.25, 0.3) is 0 Å². The number of aliphatic hydroxyl groups excluding tert-OH is 1. The van der Waals surface area contributed by atoms with Crippen molar-refractivity contribution >= 4 is 33.7 Å². The molecule has 142 valence electrons. The maximum Gasteiger partial charge on any atom is 0.182 e. The molecule has 7 nitrogen and oxygen atoms in total. The Hall–Kier alpha value is -3.19. The maximum atomic E-state index is 9.92. The fraction of sp³-hybridized carbons (Fsp3) is 0.286. The maximum absolute atomic E-state index is 9.92. The van der Waals surface area contributed by atoms with E-state index < -0.39 is 0 Å². The monoisotopic (exact) mass is 374 g/mol. The number of pyridine rings is 1. The number of hydrogen-bond donors (Lipinski definition) is 3. The van der Waals surface area contributed by atoms with Crippen LogP contribution in [0.15, 0.2) is 48.8 Å². The smallest absolute Gasteiger partial charge is 0.182 e. The minimum absolute atomic E-state index is 0.289. The van der Waals surface area contributed by atoms with Crippen molar-refractivity contribution in [2.24, 2.45) is 0 Å². The molecule has 1 saturated heterocycles. The predicted octanol–water partition coefficient (Wildman–Crippen LogP) is 3.08. The highest BCUT2D eigenvalue weighted by Gasteiger charge is 2.19. The molecule has 0 amide bonds. The molecule has 0 radical (unpaired) electrons. The summed E-state index contributed by atoms with van der Waals surface area (Å²) in [4.78, 5) is 19.1. The molecule has 0 unspecified atom stereocenters. The summed E-state index contributed by atoms with van der Waals surface area (Å²) in [5.74, 6) is 1.54. The average Bonchev–Trinajstić information content (AvgIpc) is 3.19. The standard InChI is InChI=1S/C21H22N6O/c28-16-2-1-9-27(13-16)20-6-5-17-21(26-20)25-19(12-23-17)24-11-14-3-4-15-7-8-22-18(15)10-14/h3-8,10,12,16,22,28H,1-2,9,11,13H2,(H,24,25,26)/t16-/m0/s1. The number of aromatic amines is 1. The summed E-state index contributed by atoms with van der Waals surface area (Å²) in [5.41, 5.74) is 3.67. The van der Waals surface area contributed by atoms with Crippen LogP contribution < -0.4 is 10.2 Å². The number of rotatable bonds is 4. The molecule has 5 rings (SSSR count). The minimum Gasteiger partial charge on any atom is -0.391 e. The third kappa shape index (κ3) is 3.36. The van der Waals surface area contributed by atoms with Gasteiger partial charge < -0.3 is 20.3 Å². The second-order valence-electron chi connectivity index (χ2n) is 7.26. The SMILES string of the molecule is O[C@H]1CCCN(c2ccc3ncc(NCc4ccc5cc[nH]c5c4)nc3n2)C1. The molecular weight excluding hydrogens is 352 g/mol. The van der Waals surface area contributed by atoms with Crippen molar-refractivity contribution in [3.63, 3.8) is 0 Å². The zero-order chi connectivity index (χ0) is 18.9. The first-order valence-electron chi connectivity index (χ1n) is 9.61. The van der Waals surface area contributed by atoms with Gasteiger partial charge in [-0.3, -0.25) is 0 Å². The van der Waals surface area contributed by atoms with Crippen LogP contribution in [0.5, 0.6) is 0 Å². The molecule has 1 aliphatic heterocycles. The molecule has 0 saturated carbocycles. The van der Waals surface area contributed by atoms with Gasteiger partial charge in [-0.05, 0) is 48.1 Å². The van der Waals surface area contributed by atoms with Gasteiger partial charge in [-0.15, -0.1) is 0 Å². The summed E-state index contributed by atoms with van der Waals surface area (Å²) in [6.07, 6.45) is 5.22. The highest BCUT2D eigenvalue weighted by atomic mass is 16.3. The van der Waals surface area contributed by atoms with E-state index in [1.54, 1.807) is 6.20 Å². The van der Waals surface area contributed by atoms with Gasteiger partial charge in [0.2, 0.25) is 0 Å². The Kier molecular flexibility index (Phi) is 4.29. The van der Waals surface area contributed by atoms with Gasteiger partial charge in [-0.25, -0.2) is 15.0 Å².